The van der Waals surface area contributed by atoms with E-state index in [0.717, 1.165) is 29.4 Å². The van der Waals surface area contributed by atoms with Gasteiger partial charge in [-0.1, -0.05) is 31.2 Å². The molecule has 1 fully saturated rings. The molecule has 7 N–H and O–H groups in total. The van der Waals surface area contributed by atoms with Crippen molar-refractivity contribution in [2.75, 3.05) is 49.5 Å². The number of aryl methyl sites for hydroxylation is 1. The van der Waals surface area contributed by atoms with Crippen molar-refractivity contribution in [1.29, 1.82) is 0 Å². The number of amides is 3. The number of anilines is 2. The second-order valence-corrected chi connectivity index (χ2v) is 13.8. The highest BCUT2D eigenvalue weighted by Gasteiger charge is 2.26. The van der Waals surface area contributed by atoms with Gasteiger partial charge in [0.05, 0.1) is 35.2 Å². The normalized spacial score (nSPS) is 14.3. The number of halogens is 1. The Morgan fingerprint density at radius 1 is 1.07 bits per heavy atom. The summed E-state index contributed by atoms with van der Waals surface area (Å²) in [7, 11) is 0. The number of carbonyl (C=O) groups excluding carboxylic acids is 2. The molecule has 2 aromatic carbocycles. The third kappa shape index (κ3) is 9.83. The summed E-state index contributed by atoms with van der Waals surface area (Å²) in [6.07, 6.45) is 4.85. The molecule has 290 valence electrons. The molecule has 5 rings (SSSR count). The van der Waals surface area contributed by atoms with Crippen LogP contribution in [-0.2, 0) is 17.9 Å². The summed E-state index contributed by atoms with van der Waals surface area (Å²) in [5.74, 6) is -1.58. The van der Waals surface area contributed by atoms with E-state index in [0.29, 0.717) is 70.1 Å². The third-order valence-electron chi connectivity index (χ3n) is 9.48. The van der Waals surface area contributed by atoms with Crippen LogP contribution in [0.4, 0.5) is 25.4 Å². The van der Waals surface area contributed by atoms with E-state index < -0.39 is 34.9 Å². The van der Waals surface area contributed by atoms with Crippen LogP contribution in [0.1, 0.15) is 73.7 Å². The largest absolute Gasteiger partial charge is 0.477 e. The van der Waals surface area contributed by atoms with Gasteiger partial charge < -0.3 is 46.3 Å². The molecule has 4 aromatic rings. The molecule has 2 aromatic heterocycles. The molecule has 3 amide bonds. The molecule has 1 aliphatic rings. The highest BCUT2D eigenvalue weighted by atomic mass is 19.1. The molecular weight excluding hydrogens is 699 g/mol. The fourth-order valence-electron chi connectivity index (χ4n) is 6.52. The number of aromatic carboxylic acids is 1. The zero-order valence-corrected chi connectivity index (χ0v) is 30.8. The summed E-state index contributed by atoms with van der Waals surface area (Å²) in [5.41, 5.74) is 13.5. The Kier molecular flexibility index (Phi) is 13.1. The van der Waals surface area contributed by atoms with Gasteiger partial charge in [0.1, 0.15) is 18.0 Å². The molecule has 0 bridgehead atoms. The van der Waals surface area contributed by atoms with Gasteiger partial charge in [-0.05, 0) is 61.9 Å². The summed E-state index contributed by atoms with van der Waals surface area (Å²) < 4.78 is 24.3. The molecule has 17 heteroatoms. The van der Waals surface area contributed by atoms with Crippen molar-refractivity contribution in [2.24, 2.45) is 17.4 Å². The van der Waals surface area contributed by atoms with E-state index in [1.54, 1.807) is 20.4 Å². The Bertz CT molecular complexity index is 1990. The number of ether oxygens (including phenoxy) is 1. The van der Waals surface area contributed by atoms with Gasteiger partial charge >= 0.3 is 18.1 Å². The Labute approximate surface area is 312 Å². The lowest BCUT2D eigenvalue weighted by Gasteiger charge is -2.35. The van der Waals surface area contributed by atoms with E-state index in [2.05, 4.69) is 34.8 Å². The number of carbonyl (C=O) groups is 3. The first-order valence-electron chi connectivity index (χ1n) is 18.1. The topological polar surface area (TPSA) is 216 Å². The molecule has 0 unspecified atom stereocenters. The van der Waals surface area contributed by atoms with E-state index in [9.17, 15) is 24.3 Å². The fourth-order valence-corrected chi connectivity index (χ4v) is 6.52. The first-order chi connectivity index (χ1) is 25.8. The molecule has 1 saturated heterocycles. The molecule has 0 saturated carbocycles. The van der Waals surface area contributed by atoms with Gasteiger partial charge in [0.2, 0.25) is 5.43 Å². The number of aromatic nitrogens is 4. The molecule has 0 aliphatic carbocycles. The minimum Gasteiger partial charge on any atom is -0.477 e. The van der Waals surface area contributed by atoms with E-state index in [-0.39, 0.29) is 29.8 Å². The maximum atomic E-state index is 15.3. The number of nitrogens with two attached hydrogens (primary N) is 2. The number of urea groups is 1. The molecule has 16 nitrogen and oxygen atoms in total. The Morgan fingerprint density at radius 3 is 2.44 bits per heavy atom. The lowest BCUT2D eigenvalue weighted by Crippen LogP contribution is -2.49. The monoisotopic (exact) mass is 748 g/mol. The van der Waals surface area contributed by atoms with Crippen molar-refractivity contribution in [2.45, 2.75) is 65.3 Å². The van der Waals surface area contributed by atoms with Crippen LogP contribution in [0.2, 0.25) is 0 Å². The fraction of sp³-hybridized carbons (Fsp3) is 0.459. The molecule has 3 heterocycles. The van der Waals surface area contributed by atoms with Crippen LogP contribution in [-0.4, -0.2) is 86.9 Å². The predicted molar refractivity (Wildman–Crippen MR) is 202 cm³/mol. The van der Waals surface area contributed by atoms with Crippen molar-refractivity contribution in [3.63, 3.8) is 0 Å². The molecule has 0 radical (unpaired) electrons. The Hall–Kier alpha value is -5.71. The zero-order chi connectivity index (χ0) is 38.9. The minimum absolute atomic E-state index is 0.00287. The van der Waals surface area contributed by atoms with Crippen LogP contribution in [0.15, 0.2) is 53.6 Å². The van der Waals surface area contributed by atoms with Crippen LogP contribution in [0.5, 0.6) is 0 Å². The van der Waals surface area contributed by atoms with Crippen LogP contribution < -0.4 is 32.4 Å². The van der Waals surface area contributed by atoms with Crippen LogP contribution in [0.25, 0.3) is 10.9 Å². The lowest BCUT2D eigenvalue weighted by molar-refractivity contribution is 0.0694. The Balaban J connectivity index is 1.13. The highest BCUT2D eigenvalue weighted by Crippen LogP contribution is 2.27. The lowest BCUT2D eigenvalue weighted by atomic mass is 10.0. The van der Waals surface area contributed by atoms with E-state index in [1.807, 2.05) is 42.1 Å². The van der Waals surface area contributed by atoms with E-state index >= 15 is 4.39 Å². The number of carboxylic acids is 1. The SMILES string of the molecule is CCn1cc(C(=O)O)c(=O)c2cc(F)c(N3CCN(C(=O)OCc4ccc(NC[C@H](CCCNC(N)=O)n5cc([C@@H](N)CC(C)C)nn5)cc4)CC3)cc21. The number of piperazine rings is 1. The number of nitrogens with zero attached hydrogens (tertiary/aromatic N) is 6. The molecule has 0 spiro atoms. The predicted octanol–water partition coefficient (Wildman–Crippen LogP) is 4.06. The minimum atomic E-state index is -1.36. The van der Waals surface area contributed by atoms with Gasteiger partial charge in [0.25, 0.3) is 0 Å². The Morgan fingerprint density at radius 2 is 1.80 bits per heavy atom. The number of pyridine rings is 1. The van der Waals surface area contributed by atoms with E-state index in [1.165, 1.54) is 6.20 Å². The van der Waals surface area contributed by atoms with Gasteiger partial charge in [-0.2, -0.15) is 0 Å². The van der Waals surface area contributed by atoms with Gasteiger partial charge in [-0.3, -0.25) is 4.79 Å². The number of fused-ring (bicyclic) bond motifs is 1. The number of hydrogen-bond acceptors (Lipinski definition) is 10. The van der Waals surface area contributed by atoms with Crippen molar-refractivity contribution in [3.8, 4) is 0 Å². The first kappa shape index (κ1) is 39.5. The van der Waals surface area contributed by atoms with Crippen molar-refractivity contribution in [3.05, 3.63) is 81.7 Å². The summed E-state index contributed by atoms with van der Waals surface area (Å²) in [5, 5.41) is 24.1. The van der Waals surface area contributed by atoms with Gasteiger partial charge in [0.15, 0.2) is 0 Å². The van der Waals surface area contributed by atoms with Gasteiger partial charge in [0, 0.05) is 63.1 Å². The maximum Gasteiger partial charge on any atom is 0.410 e. The van der Waals surface area contributed by atoms with E-state index in [4.69, 9.17) is 16.2 Å². The second-order valence-electron chi connectivity index (χ2n) is 13.8. The summed E-state index contributed by atoms with van der Waals surface area (Å²) in [6.45, 7) is 8.73. The summed E-state index contributed by atoms with van der Waals surface area (Å²) >= 11 is 0. The van der Waals surface area contributed by atoms with Crippen molar-refractivity contribution < 1.29 is 28.6 Å². The average molecular weight is 749 g/mol. The first-order valence-corrected chi connectivity index (χ1v) is 18.1. The van der Waals surface area contributed by atoms with Crippen LogP contribution in [0, 0.1) is 11.7 Å². The number of benzene rings is 2. The number of primary amides is 1. The quantitative estimate of drug-likeness (QED) is 0.103. The van der Waals surface area contributed by atoms with Crippen molar-refractivity contribution >= 4 is 40.4 Å². The zero-order valence-electron chi connectivity index (χ0n) is 30.8. The number of rotatable bonds is 16. The molecular formula is C37H49FN10O6. The molecule has 1 aliphatic heterocycles. The van der Waals surface area contributed by atoms with Gasteiger partial charge in [-0.25, -0.2) is 23.5 Å². The van der Waals surface area contributed by atoms with Crippen LogP contribution >= 0.6 is 0 Å². The second kappa shape index (κ2) is 17.9. The molecule has 54 heavy (non-hydrogen) atoms. The summed E-state index contributed by atoms with van der Waals surface area (Å²) in [4.78, 5) is 51.7. The number of hydrogen-bond donors (Lipinski definition) is 5. The average Bonchev–Trinajstić information content (AvgIpc) is 3.64. The highest BCUT2D eigenvalue weighted by molar-refractivity contribution is 5.93. The van der Waals surface area contributed by atoms with Crippen LogP contribution in [0.3, 0.4) is 0 Å². The number of carboxylic acid groups (broad SMARTS) is 1. The molecule has 2 atom stereocenters. The number of nitrogens with one attached hydrogen (secondary N) is 2. The smallest absolute Gasteiger partial charge is 0.410 e. The summed E-state index contributed by atoms with van der Waals surface area (Å²) in [6, 6.07) is 9.35. The maximum absolute atomic E-state index is 15.3. The third-order valence-corrected chi connectivity index (χ3v) is 9.48. The van der Waals surface area contributed by atoms with Gasteiger partial charge in [-0.15, -0.1) is 5.10 Å². The standard InChI is InChI=1S/C37H49FN10O6/c1-4-45-20-28(35(50)51)34(49)27-17-29(38)33(18-32(27)45)46-12-14-47(15-13-46)37(53)54-22-24-7-9-25(10-8-24)42-19-26(6-5-11-41-36(40)52)48-21-31(43-44-48)30(39)16-23(2)3/h7-10,17-18,20-21,23,26,30,42H,4-6,11-16,19,22,39H2,1-3H3,(H,50,51)(H3,40,41,52)/t26-,30-/m0/s1. The van der Waals surface area contributed by atoms with Crippen molar-refractivity contribution in [1.82, 2.24) is 29.8 Å².